The summed E-state index contributed by atoms with van der Waals surface area (Å²) in [6, 6.07) is 23.4. The van der Waals surface area contributed by atoms with Gasteiger partial charge in [0.1, 0.15) is 0 Å². The lowest BCUT2D eigenvalue weighted by Crippen LogP contribution is -2.28. The molecule has 0 heterocycles. The van der Waals surface area contributed by atoms with Crippen molar-refractivity contribution in [3.05, 3.63) is 94.0 Å². The van der Waals surface area contributed by atoms with E-state index in [1.54, 1.807) is 0 Å². The first-order chi connectivity index (χ1) is 16.0. The lowest BCUT2D eigenvalue weighted by molar-refractivity contribution is -0.160. The SMILES string of the molecule is Cc1cc2cc(-c3ccc(Cl)cc3)ccc2c(-c2ccc(Cl)cc2)c1C(OC(C)(C)C)C(=O)O. The largest absolute Gasteiger partial charge is 0.479 e. The van der Waals surface area contributed by atoms with Gasteiger partial charge in [-0.15, -0.1) is 0 Å². The highest BCUT2D eigenvalue weighted by atomic mass is 35.5. The third-order valence-corrected chi connectivity index (χ3v) is 6.16. The zero-order chi connectivity index (χ0) is 24.6. The van der Waals surface area contributed by atoms with Gasteiger partial charge in [0.2, 0.25) is 0 Å². The van der Waals surface area contributed by atoms with Crippen molar-refractivity contribution in [3.63, 3.8) is 0 Å². The molecule has 0 radical (unpaired) electrons. The summed E-state index contributed by atoms with van der Waals surface area (Å²) in [4.78, 5) is 12.4. The summed E-state index contributed by atoms with van der Waals surface area (Å²) >= 11 is 12.2. The first-order valence-electron chi connectivity index (χ1n) is 11.0. The van der Waals surface area contributed by atoms with Gasteiger partial charge in [-0.25, -0.2) is 4.79 Å². The van der Waals surface area contributed by atoms with Crippen LogP contribution in [0.4, 0.5) is 0 Å². The van der Waals surface area contributed by atoms with E-state index in [4.69, 9.17) is 27.9 Å². The highest BCUT2D eigenvalue weighted by Gasteiger charge is 2.31. The fourth-order valence-corrected chi connectivity index (χ4v) is 4.49. The van der Waals surface area contributed by atoms with Crippen molar-refractivity contribution in [3.8, 4) is 22.3 Å². The monoisotopic (exact) mass is 492 g/mol. The molecule has 3 nitrogen and oxygen atoms in total. The van der Waals surface area contributed by atoms with Gasteiger partial charge in [-0.1, -0.05) is 65.7 Å². The number of benzene rings is 4. The number of hydrogen-bond acceptors (Lipinski definition) is 2. The van der Waals surface area contributed by atoms with E-state index < -0.39 is 17.7 Å². The maximum Gasteiger partial charge on any atom is 0.337 e. The standard InChI is InChI=1S/C29H26Cl2O3/c1-17-15-21-16-20(18-5-10-22(30)11-6-18)9-14-24(21)26(19-7-12-23(31)13-8-19)25(17)27(28(32)33)34-29(2,3)4/h5-16,27H,1-4H3,(H,32,33). The van der Waals surface area contributed by atoms with Crippen LogP contribution in [0.3, 0.4) is 0 Å². The highest BCUT2D eigenvalue weighted by molar-refractivity contribution is 6.31. The second-order valence-electron chi connectivity index (χ2n) is 9.38. The summed E-state index contributed by atoms with van der Waals surface area (Å²) in [5, 5.41) is 13.4. The molecule has 0 spiro atoms. The lowest BCUT2D eigenvalue weighted by Gasteiger charge is -2.28. The van der Waals surface area contributed by atoms with Crippen LogP contribution in [0.2, 0.25) is 10.0 Å². The maximum atomic E-state index is 12.4. The highest BCUT2D eigenvalue weighted by Crippen LogP contribution is 2.41. The zero-order valence-electron chi connectivity index (χ0n) is 19.5. The van der Waals surface area contributed by atoms with Crippen LogP contribution < -0.4 is 0 Å². The number of rotatable bonds is 5. The van der Waals surface area contributed by atoms with Crippen LogP contribution in [0.15, 0.2) is 72.8 Å². The van der Waals surface area contributed by atoms with E-state index in [1.165, 1.54) is 0 Å². The van der Waals surface area contributed by atoms with Gasteiger partial charge in [-0.05, 0) is 96.6 Å². The molecular weight excluding hydrogens is 467 g/mol. The van der Waals surface area contributed by atoms with Crippen LogP contribution >= 0.6 is 23.2 Å². The van der Waals surface area contributed by atoms with Gasteiger partial charge in [0.25, 0.3) is 0 Å². The molecule has 174 valence electrons. The predicted octanol–water partition coefficient (Wildman–Crippen LogP) is 8.73. The Morgan fingerprint density at radius 3 is 1.88 bits per heavy atom. The Kier molecular flexibility index (Phi) is 6.73. The molecule has 1 N–H and O–H groups in total. The third kappa shape index (κ3) is 5.12. The molecule has 4 rings (SSSR count). The molecule has 34 heavy (non-hydrogen) atoms. The lowest BCUT2D eigenvalue weighted by atomic mass is 9.86. The van der Waals surface area contributed by atoms with Crippen molar-refractivity contribution in [1.82, 2.24) is 0 Å². The van der Waals surface area contributed by atoms with E-state index in [1.807, 2.05) is 94.4 Å². The van der Waals surface area contributed by atoms with E-state index in [-0.39, 0.29) is 0 Å². The molecule has 0 aromatic heterocycles. The fourth-order valence-electron chi connectivity index (χ4n) is 4.24. The van der Waals surface area contributed by atoms with Gasteiger partial charge in [0, 0.05) is 15.6 Å². The van der Waals surface area contributed by atoms with E-state index in [0.717, 1.165) is 38.6 Å². The summed E-state index contributed by atoms with van der Waals surface area (Å²) < 4.78 is 6.07. The second kappa shape index (κ2) is 9.42. The molecule has 0 aliphatic carbocycles. The van der Waals surface area contributed by atoms with Crippen molar-refractivity contribution in [2.75, 3.05) is 0 Å². The molecule has 4 aromatic rings. The Balaban J connectivity index is 2.01. The van der Waals surface area contributed by atoms with E-state index in [2.05, 4.69) is 6.07 Å². The minimum absolute atomic E-state index is 0.619. The maximum absolute atomic E-state index is 12.4. The number of halogens is 2. The van der Waals surface area contributed by atoms with E-state index in [9.17, 15) is 9.90 Å². The van der Waals surface area contributed by atoms with Crippen molar-refractivity contribution in [1.29, 1.82) is 0 Å². The molecule has 5 heteroatoms. The molecule has 1 atom stereocenters. The molecule has 0 saturated carbocycles. The minimum Gasteiger partial charge on any atom is -0.479 e. The Hall–Kier alpha value is -2.85. The number of ether oxygens (including phenoxy) is 1. The number of aliphatic carboxylic acids is 1. The van der Waals surface area contributed by atoms with Gasteiger partial charge < -0.3 is 9.84 Å². The van der Waals surface area contributed by atoms with Crippen molar-refractivity contribution >= 4 is 39.9 Å². The Morgan fingerprint density at radius 1 is 0.824 bits per heavy atom. The van der Waals surface area contributed by atoms with Crippen LogP contribution in [0.25, 0.3) is 33.0 Å². The number of fused-ring (bicyclic) bond motifs is 1. The van der Waals surface area contributed by atoms with E-state index in [0.29, 0.717) is 15.6 Å². The Morgan fingerprint density at radius 2 is 1.35 bits per heavy atom. The van der Waals surface area contributed by atoms with Crippen LogP contribution in [0.1, 0.15) is 38.0 Å². The van der Waals surface area contributed by atoms with Gasteiger partial charge >= 0.3 is 5.97 Å². The topological polar surface area (TPSA) is 46.5 Å². The Labute approximate surface area is 209 Å². The van der Waals surface area contributed by atoms with Crippen LogP contribution in [-0.4, -0.2) is 16.7 Å². The van der Waals surface area contributed by atoms with E-state index >= 15 is 0 Å². The molecule has 0 aliphatic rings. The smallest absolute Gasteiger partial charge is 0.337 e. The summed E-state index contributed by atoms with van der Waals surface area (Å²) in [5.41, 5.74) is 4.70. The van der Waals surface area contributed by atoms with Crippen molar-refractivity contribution < 1.29 is 14.6 Å². The second-order valence-corrected chi connectivity index (χ2v) is 10.3. The number of hydrogen-bond donors (Lipinski definition) is 1. The van der Waals surface area contributed by atoms with Gasteiger partial charge in [0.05, 0.1) is 5.60 Å². The third-order valence-electron chi connectivity index (χ3n) is 5.66. The zero-order valence-corrected chi connectivity index (χ0v) is 21.0. The van der Waals surface area contributed by atoms with Crippen LogP contribution in [0.5, 0.6) is 0 Å². The summed E-state index contributed by atoms with van der Waals surface area (Å²) in [6.07, 6.45) is -1.12. The molecule has 0 fully saturated rings. The fraction of sp³-hybridized carbons (Fsp3) is 0.207. The molecular formula is C29H26Cl2O3. The van der Waals surface area contributed by atoms with Crippen molar-refractivity contribution in [2.24, 2.45) is 0 Å². The van der Waals surface area contributed by atoms with Crippen molar-refractivity contribution in [2.45, 2.75) is 39.4 Å². The molecule has 0 amide bonds. The molecule has 1 unspecified atom stereocenters. The summed E-state index contributed by atoms with van der Waals surface area (Å²) in [6.45, 7) is 7.52. The number of carboxylic acids is 1. The Bertz CT molecular complexity index is 1350. The molecule has 4 aromatic carbocycles. The summed E-state index contributed by atoms with van der Waals surface area (Å²) in [7, 11) is 0. The van der Waals surface area contributed by atoms with Crippen LogP contribution in [0, 0.1) is 6.92 Å². The number of carbonyl (C=O) groups is 1. The number of aryl methyl sites for hydroxylation is 1. The minimum atomic E-state index is -1.12. The number of carboxylic acid groups (broad SMARTS) is 1. The first-order valence-corrected chi connectivity index (χ1v) is 11.8. The quantitative estimate of drug-likeness (QED) is 0.302. The normalized spacial score (nSPS) is 12.6. The molecule has 0 aliphatic heterocycles. The average molecular weight is 493 g/mol. The molecule has 0 bridgehead atoms. The first kappa shape index (κ1) is 24.3. The molecule has 0 saturated heterocycles. The van der Waals surface area contributed by atoms with Crippen LogP contribution in [-0.2, 0) is 9.53 Å². The summed E-state index contributed by atoms with van der Waals surface area (Å²) in [5.74, 6) is -1.02. The van der Waals surface area contributed by atoms with Gasteiger partial charge in [-0.2, -0.15) is 0 Å². The average Bonchev–Trinajstić information content (AvgIpc) is 2.77. The predicted molar refractivity (Wildman–Crippen MR) is 141 cm³/mol. The van der Waals surface area contributed by atoms with Gasteiger partial charge in [-0.3, -0.25) is 0 Å². The van der Waals surface area contributed by atoms with Gasteiger partial charge in [0.15, 0.2) is 6.10 Å².